The number of nitrogens with one attached hydrogen (secondary N) is 1. The number of aliphatic hydroxyl groups is 1. The first-order chi connectivity index (χ1) is 11.5. The summed E-state index contributed by atoms with van der Waals surface area (Å²) >= 11 is 3.20. The van der Waals surface area contributed by atoms with Crippen molar-refractivity contribution in [2.24, 2.45) is 5.92 Å². The molecule has 25 heavy (non-hydrogen) atoms. The number of carbonyl (C=O) groups is 2. The van der Waals surface area contributed by atoms with Gasteiger partial charge in [-0.05, 0) is 24.6 Å². The molecule has 0 aliphatic carbocycles. The Kier molecular flexibility index (Phi) is 5.33. The van der Waals surface area contributed by atoms with E-state index < -0.39 is 35.9 Å². The number of hydrogen-bond acceptors (Lipinski definition) is 4. The molecule has 2 amide bonds. The van der Waals surface area contributed by atoms with E-state index in [9.17, 15) is 27.9 Å². The maximum absolute atomic E-state index is 13.7. The number of benzene rings is 1. The summed E-state index contributed by atoms with van der Waals surface area (Å²) in [4.78, 5) is 24.4. The van der Waals surface area contributed by atoms with Crippen LogP contribution in [0.4, 0.5) is 18.0 Å². The predicted molar refractivity (Wildman–Crippen MR) is 84.3 cm³/mol. The highest BCUT2D eigenvalue weighted by molar-refractivity contribution is 9.10. The molecule has 6 nitrogen and oxygen atoms in total. The molecule has 1 aromatic rings. The van der Waals surface area contributed by atoms with Gasteiger partial charge < -0.3 is 15.2 Å². The number of halogens is 4. The van der Waals surface area contributed by atoms with Crippen LogP contribution in [0.15, 0.2) is 28.7 Å². The fourth-order valence-corrected chi connectivity index (χ4v) is 3.02. The van der Waals surface area contributed by atoms with E-state index in [1.165, 1.54) is 19.1 Å². The van der Waals surface area contributed by atoms with Crippen LogP contribution in [0.25, 0.3) is 0 Å². The minimum absolute atomic E-state index is 0.0734. The molecule has 1 aromatic carbocycles. The number of amides is 2. The molecule has 1 fully saturated rings. The maximum atomic E-state index is 13.7. The van der Waals surface area contributed by atoms with Gasteiger partial charge in [0.1, 0.15) is 5.92 Å². The van der Waals surface area contributed by atoms with Crippen molar-refractivity contribution in [1.29, 1.82) is 0 Å². The van der Waals surface area contributed by atoms with E-state index in [0.29, 0.717) is 4.47 Å². The predicted octanol–water partition coefficient (Wildman–Crippen LogP) is 2.58. The van der Waals surface area contributed by atoms with Crippen LogP contribution in [0, 0.1) is 5.92 Å². The third-order valence-electron chi connectivity index (χ3n) is 4.05. The van der Waals surface area contributed by atoms with E-state index in [1.807, 2.05) is 0 Å². The second kappa shape index (κ2) is 6.83. The molecule has 0 bridgehead atoms. The summed E-state index contributed by atoms with van der Waals surface area (Å²) in [6, 6.07) is 3.42. The standard InChI is InChI=1S/C15H16BrF3N2O4/c1-3-25-12(22)10-11(8-4-6-9(16)7-5-8)20-13(23)21(2)14(10,24)15(17,18)19/h4-7,10-11,24H,3H2,1-2H3,(H,20,23)/t10-,11-,14+/m1/s1. The molecule has 2 rings (SSSR count). The molecule has 2 N–H and O–H groups in total. The SMILES string of the molecule is CCOC(=O)[C@H]1[C@@H](c2ccc(Br)cc2)NC(=O)N(C)[C@@]1(O)C(F)(F)F. The van der Waals surface area contributed by atoms with E-state index in [0.717, 1.165) is 7.05 Å². The minimum atomic E-state index is -5.27. The van der Waals surface area contributed by atoms with Gasteiger partial charge in [0.05, 0.1) is 12.6 Å². The summed E-state index contributed by atoms with van der Waals surface area (Å²) in [5.41, 5.74) is -3.48. The Morgan fingerprint density at radius 1 is 1.40 bits per heavy atom. The number of carbonyl (C=O) groups excluding carboxylic acids is 2. The normalized spacial score (nSPS) is 27.0. The number of urea groups is 1. The van der Waals surface area contributed by atoms with Gasteiger partial charge in [-0.3, -0.25) is 9.69 Å². The minimum Gasteiger partial charge on any atom is -0.466 e. The Labute approximate surface area is 150 Å². The van der Waals surface area contributed by atoms with E-state index in [2.05, 4.69) is 21.2 Å². The Morgan fingerprint density at radius 2 is 1.96 bits per heavy atom. The van der Waals surface area contributed by atoms with Crippen LogP contribution in [0.5, 0.6) is 0 Å². The van der Waals surface area contributed by atoms with Crippen LogP contribution in [0.2, 0.25) is 0 Å². The molecule has 1 saturated heterocycles. The number of ether oxygens (including phenoxy) is 1. The summed E-state index contributed by atoms with van der Waals surface area (Å²) in [5.74, 6) is -3.36. The van der Waals surface area contributed by atoms with Crippen molar-refractivity contribution < 1.29 is 32.6 Å². The molecular formula is C15H16BrF3N2O4. The van der Waals surface area contributed by atoms with Crippen LogP contribution in [-0.4, -0.2) is 47.6 Å². The van der Waals surface area contributed by atoms with E-state index in [-0.39, 0.29) is 17.1 Å². The van der Waals surface area contributed by atoms with E-state index >= 15 is 0 Å². The molecule has 0 radical (unpaired) electrons. The zero-order chi connectivity index (χ0) is 19.0. The van der Waals surface area contributed by atoms with Crippen molar-refractivity contribution in [2.75, 3.05) is 13.7 Å². The molecule has 0 aromatic heterocycles. The number of hydrogen-bond donors (Lipinski definition) is 2. The van der Waals surface area contributed by atoms with Crippen molar-refractivity contribution in [3.8, 4) is 0 Å². The van der Waals surface area contributed by atoms with Crippen molar-refractivity contribution in [2.45, 2.75) is 24.9 Å². The first kappa shape index (κ1) is 19.5. The molecule has 1 heterocycles. The molecule has 10 heteroatoms. The fraction of sp³-hybridized carbons (Fsp3) is 0.467. The highest BCUT2D eigenvalue weighted by Gasteiger charge is 2.69. The molecule has 1 aliphatic rings. The van der Waals surface area contributed by atoms with Crippen LogP contribution in [-0.2, 0) is 9.53 Å². The molecule has 3 atom stereocenters. The average Bonchev–Trinajstić information content (AvgIpc) is 2.52. The van der Waals surface area contributed by atoms with Gasteiger partial charge in [0.2, 0.25) is 0 Å². The summed E-state index contributed by atoms with van der Waals surface area (Å²) in [6.07, 6.45) is -5.27. The van der Waals surface area contributed by atoms with Crippen LogP contribution in [0.1, 0.15) is 18.5 Å². The highest BCUT2D eigenvalue weighted by Crippen LogP contribution is 2.46. The van der Waals surface area contributed by atoms with Crippen LogP contribution >= 0.6 is 15.9 Å². The first-order valence-corrected chi connectivity index (χ1v) is 8.08. The summed E-state index contributed by atoms with van der Waals surface area (Å²) < 4.78 is 46.4. The Bertz CT molecular complexity index is 668. The number of alkyl halides is 3. The number of esters is 1. The lowest BCUT2D eigenvalue weighted by Gasteiger charge is -2.49. The Balaban J connectivity index is 2.62. The van der Waals surface area contributed by atoms with Gasteiger partial charge in [0.15, 0.2) is 0 Å². The molecule has 0 saturated carbocycles. The molecule has 1 aliphatic heterocycles. The molecule has 138 valence electrons. The Hall–Kier alpha value is -1.81. The summed E-state index contributed by atoms with van der Waals surface area (Å²) in [6.45, 7) is 1.26. The average molecular weight is 425 g/mol. The van der Waals surface area contributed by atoms with E-state index in [4.69, 9.17) is 4.74 Å². The topological polar surface area (TPSA) is 78.9 Å². The van der Waals surface area contributed by atoms with Gasteiger partial charge in [-0.15, -0.1) is 0 Å². The van der Waals surface area contributed by atoms with Gasteiger partial charge in [-0.1, -0.05) is 28.1 Å². The quantitative estimate of drug-likeness (QED) is 0.730. The summed E-state index contributed by atoms with van der Waals surface area (Å²) in [7, 11) is 0.771. The largest absolute Gasteiger partial charge is 0.466 e. The lowest BCUT2D eigenvalue weighted by atomic mass is 9.81. The van der Waals surface area contributed by atoms with Gasteiger partial charge in [-0.2, -0.15) is 13.2 Å². The van der Waals surface area contributed by atoms with E-state index in [1.54, 1.807) is 12.1 Å². The van der Waals surface area contributed by atoms with Crippen molar-refractivity contribution in [1.82, 2.24) is 10.2 Å². The first-order valence-electron chi connectivity index (χ1n) is 7.29. The van der Waals surface area contributed by atoms with Gasteiger partial charge in [0.25, 0.3) is 5.72 Å². The Morgan fingerprint density at radius 3 is 2.44 bits per heavy atom. The van der Waals surface area contributed by atoms with Gasteiger partial charge in [0, 0.05) is 11.5 Å². The van der Waals surface area contributed by atoms with Gasteiger partial charge in [-0.25, -0.2) is 4.79 Å². The third-order valence-corrected chi connectivity index (χ3v) is 4.58. The van der Waals surface area contributed by atoms with Crippen molar-refractivity contribution in [3.63, 3.8) is 0 Å². The zero-order valence-electron chi connectivity index (χ0n) is 13.3. The second-order valence-electron chi connectivity index (χ2n) is 5.49. The van der Waals surface area contributed by atoms with Crippen LogP contribution in [0.3, 0.4) is 0 Å². The number of nitrogens with zero attached hydrogens (tertiary/aromatic N) is 1. The van der Waals surface area contributed by atoms with Crippen molar-refractivity contribution in [3.05, 3.63) is 34.3 Å². The smallest absolute Gasteiger partial charge is 0.437 e. The monoisotopic (exact) mass is 424 g/mol. The van der Waals surface area contributed by atoms with Crippen molar-refractivity contribution >= 4 is 27.9 Å². The van der Waals surface area contributed by atoms with Gasteiger partial charge >= 0.3 is 18.2 Å². The lowest BCUT2D eigenvalue weighted by Crippen LogP contribution is -2.73. The molecular weight excluding hydrogens is 409 g/mol. The third kappa shape index (κ3) is 3.32. The number of rotatable bonds is 3. The zero-order valence-corrected chi connectivity index (χ0v) is 14.9. The summed E-state index contributed by atoms with van der Waals surface area (Å²) in [5, 5.41) is 12.7. The maximum Gasteiger partial charge on any atom is 0.437 e. The molecule has 0 unspecified atom stereocenters. The lowest BCUT2D eigenvalue weighted by molar-refractivity contribution is -0.328. The molecule has 0 spiro atoms. The fourth-order valence-electron chi connectivity index (χ4n) is 2.75. The highest BCUT2D eigenvalue weighted by atomic mass is 79.9. The second-order valence-corrected chi connectivity index (χ2v) is 6.41. The van der Waals surface area contributed by atoms with Crippen LogP contribution < -0.4 is 5.32 Å².